The summed E-state index contributed by atoms with van der Waals surface area (Å²) in [5.74, 6) is 1.72. The Morgan fingerprint density at radius 3 is 2.91 bits per heavy atom. The van der Waals surface area contributed by atoms with Gasteiger partial charge in [-0.3, -0.25) is 0 Å². The maximum absolute atomic E-state index is 13.8. The van der Waals surface area contributed by atoms with Crippen molar-refractivity contribution in [2.75, 3.05) is 7.11 Å². The molecule has 0 bridgehead atoms. The largest absolute Gasteiger partial charge is 0.496 e. The normalized spacial score (nSPS) is 17.0. The van der Waals surface area contributed by atoms with E-state index < -0.39 is 0 Å². The van der Waals surface area contributed by atoms with Crippen LogP contribution in [-0.2, 0) is 6.42 Å². The van der Waals surface area contributed by atoms with Crippen molar-refractivity contribution in [3.05, 3.63) is 59.2 Å². The van der Waals surface area contributed by atoms with Crippen molar-refractivity contribution in [1.82, 2.24) is 9.55 Å². The van der Waals surface area contributed by atoms with Crippen LogP contribution >= 0.6 is 0 Å². The second kappa shape index (κ2) is 4.83. The molecular formula is C18H17FN2O. The minimum Gasteiger partial charge on any atom is -0.496 e. The number of nitrogens with zero attached hydrogens (tertiary/aromatic N) is 2. The quantitative estimate of drug-likeness (QED) is 0.714. The predicted molar refractivity (Wildman–Crippen MR) is 83.9 cm³/mol. The second-order valence-corrected chi connectivity index (χ2v) is 5.78. The molecule has 1 aromatic heterocycles. The molecule has 3 nitrogen and oxygen atoms in total. The van der Waals surface area contributed by atoms with E-state index in [1.807, 2.05) is 24.3 Å². The van der Waals surface area contributed by atoms with Crippen LogP contribution in [0.1, 0.15) is 29.4 Å². The molecule has 0 radical (unpaired) electrons. The topological polar surface area (TPSA) is 27.1 Å². The number of aromatic nitrogens is 2. The molecule has 4 heteroatoms. The number of fused-ring (bicyclic) bond motifs is 3. The smallest absolute Gasteiger partial charge is 0.128 e. The van der Waals surface area contributed by atoms with Crippen molar-refractivity contribution >= 4 is 11.0 Å². The molecule has 0 spiro atoms. The van der Waals surface area contributed by atoms with E-state index in [1.54, 1.807) is 14.0 Å². The fourth-order valence-corrected chi connectivity index (χ4v) is 3.43. The Labute approximate surface area is 128 Å². The van der Waals surface area contributed by atoms with E-state index in [4.69, 9.17) is 4.74 Å². The number of rotatable bonds is 2. The van der Waals surface area contributed by atoms with Gasteiger partial charge in [0.2, 0.25) is 0 Å². The average Bonchev–Trinajstić information content (AvgIpc) is 3.07. The van der Waals surface area contributed by atoms with Gasteiger partial charge in [0.25, 0.3) is 0 Å². The highest BCUT2D eigenvalue weighted by Gasteiger charge is 2.29. The highest BCUT2D eigenvalue weighted by atomic mass is 19.1. The molecule has 0 unspecified atom stereocenters. The summed E-state index contributed by atoms with van der Waals surface area (Å²) >= 11 is 0. The van der Waals surface area contributed by atoms with Crippen LogP contribution in [0, 0.1) is 12.7 Å². The van der Waals surface area contributed by atoms with Gasteiger partial charge in [-0.2, -0.15) is 0 Å². The minimum absolute atomic E-state index is 0.195. The van der Waals surface area contributed by atoms with E-state index in [0.717, 1.165) is 41.0 Å². The monoisotopic (exact) mass is 296 g/mol. The third-order valence-corrected chi connectivity index (χ3v) is 4.49. The zero-order valence-corrected chi connectivity index (χ0v) is 12.6. The molecule has 2 aromatic carbocycles. The molecule has 1 aliphatic rings. The van der Waals surface area contributed by atoms with Gasteiger partial charge >= 0.3 is 0 Å². The third kappa shape index (κ3) is 1.83. The summed E-state index contributed by atoms with van der Waals surface area (Å²) in [6.07, 6.45) is 1.90. The maximum atomic E-state index is 13.8. The van der Waals surface area contributed by atoms with Crippen LogP contribution < -0.4 is 4.74 Å². The van der Waals surface area contributed by atoms with Gasteiger partial charge in [0.1, 0.15) is 17.4 Å². The molecule has 0 aliphatic carbocycles. The highest BCUT2D eigenvalue weighted by molar-refractivity contribution is 5.78. The van der Waals surface area contributed by atoms with Crippen molar-refractivity contribution in [2.45, 2.75) is 25.8 Å². The third-order valence-electron chi connectivity index (χ3n) is 4.49. The zero-order chi connectivity index (χ0) is 15.3. The first-order valence-corrected chi connectivity index (χ1v) is 7.49. The van der Waals surface area contributed by atoms with Gasteiger partial charge in [0.15, 0.2) is 0 Å². The van der Waals surface area contributed by atoms with E-state index in [-0.39, 0.29) is 11.9 Å². The van der Waals surface area contributed by atoms with Gasteiger partial charge in [0.05, 0.1) is 24.2 Å². The summed E-state index contributed by atoms with van der Waals surface area (Å²) in [5.41, 5.74) is 3.55. The Morgan fingerprint density at radius 2 is 2.09 bits per heavy atom. The van der Waals surface area contributed by atoms with Crippen LogP contribution in [0.25, 0.3) is 11.0 Å². The van der Waals surface area contributed by atoms with E-state index in [2.05, 4.69) is 15.6 Å². The maximum Gasteiger partial charge on any atom is 0.128 e. The number of ether oxygens (including phenoxy) is 1. The van der Waals surface area contributed by atoms with Crippen LogP contribution in [0.15, 0.2) is 36.4 Å². The molecule has 0 amide bonds. The van der Waals surface area contributed by atoms with Crippen LogP contribution in [0.3, 0.4) is 0 Å². The van der Waals surface area contributed by atoms with Gasteiger partial charge in [0, 0.05) is 18.1 Å². The van der Waals surface area contributed by atoms with Crippen molar-refractivity contribution in [3.8, 4) is 5.75 Å². The van der Waals surface area contributed by atoms with Gasteiger partial charge in [-0.15, -0.1) is 0 Å². The fourth-order valence-electron chi connectivity index (χ4n) is 3.43. The molecule has 1 atom stereocenters. The first kappa shape index (κ1) is 13.3. The minimum atomic E-state index is -0.196. The van der Waals surface area contributed by atoms with E-state index in [9.17, 15) is 4.39 Å². The number of aryl methyl sites for hydroxylation is 2. The number of hydrogen-bond donors (Lipinski definition) is 0. The molecule has 2 heterocycles. The van der Waals surface area contributed by atoms with E-state index in [0.29, 0.717) is 5.56 Å². The molecular weight excluding hydrogens is 279 g/mol. The summed E-state index contributed by atoms with van der Waals surface area (Å²) < 4.78 is 21.5. The van der Waals surface area contributed by atoms with E-state index in [1.165, 1.54) is 6.07 Å². The second-order valence-electron chi connectivity index (χ2n) is 5.78. The molecule has 0 saturated heterocycles. The highest BCUT2D eigenvalue weighted by Crippen LogP contribution is 2.39. The SMILES string of the molecule is COc1ccccc1[C@@H]1CCc2nc3cc(F)c(C)cc3n21. The molecule has 4 rings (SSSR count). The lowest BCUT2D eigenvalue weighted by Crippen LogP contribution is -2.07. The molecule has 0 N–H and O–H groups in total. The van der Waals surface area contributed by atoms with Crippen LogP contribution in [0.4, 0.5) is 4.39 Å². The Bertz CT molecular complexity index is 869. The fraction of sp³-hybridized carbons (Fsp3) is 0.278. The number of methoxy groups -OCH3 is 1. The molecule has 3 aromatic rings. The summed E-state index contributed by atoms with van der Waals surface area (Å²) in [6, 6.07) is 11.7. The first-order valence-electron chi connectivity index (χ1n) is 7.49. The molecule has 112 valence electrons. The van der Waals surface area contributed by atoms with E-state index >= 15 is 0 Å². The van der Waals surface area contributed by atoms with Gasteiger partial charge < -0.3 is 9.30 Å². The molecule has 22 heavy (non-hydrogen) atoms. The Morgan fingerprint density at radius 1 is 1.27 bits per heavy atom. The summed E-state index contributed by atoms with van der Waals surface area (Å²) in [6.45, 7) is 1.79. The number of halogens is 1. The summed E-state index contributed by atoms with van der Waals surface area (Å²) in [5, 5.41) is 0. The van der Waals surface area contributed by atoms with Gasteiger partial charge in [-0.05, 0) is 31.0 Å². The number of para-hydroxylation sites is 1. The molecule has 1 aliphatic heterocycles. The van der Waals surface area contributed by atoms with Crippen molar-refractivity contribution in [3.63, 3.8) is 0 Å². The lowest BCUT2D eigenvalue weighted by atomic mass is 10.0. The molecule has 0 saturated carbocycles. The van der Waals surface area contributed by atoms with Crippen LogP contribution in [0.5, 0.6) is 5.75 Å². The average molecular weight is 296 g/mol. The van der Waals surface area contributed by atoms with Crippen molar-refractivity contribution in [1.29, 1.82) is 0 Å². The van der Waals surface area contributed by atoms with Gasteiger partial charge in [-0.1, -0.05) is 18.2 Å². The summed E-state index contributed by atoms with van der Waals surface area (Å²) in [7, 11) is 1.69. The summed E-state index contributed by atoms with van der Waals surface area (Å²) in [4.78, 5) is 4.61. The number of imidazole rings is 1. The first-order chi connectivity index (χ1) is 10.7. The van der Waals surface area contributed by atoms with Crippen LogP contribution in [-0.4, -0.2) is 16.7 Å². The zero-order valence-electron chi connectivity index (χ0n) is 12.6. The Hall–Kier alpha value is -2.36. The Balaban J connectivity index is 1.93. The number of hydrogen-bond acceptors (Lipinski definition) is 2. The lowest BCUT2D eigenvalue weighted by Gasteiger charge is -2.18. The van der Waals surface area contributed by atoms with Crippen molar-refractivity contribution < 1.29 is 9.13 Å². The number of benzene rings is 2. The van der Waals surface area contributed by atoms with Crippen LogP contribution in [0.2, 0.25) is 0 Å². The lowest BCUT2D eigenvalue weighted by molar-refractivity contribution is 0.403. The molecule has 0 fully saturated rings. The predicted octanol–water partition coefficient (Wildman–Crippen LogP) is 4.03. The Kier molecular flexibility index (Phi) is 2.93. The van der Waals surface area contributed by atoms with Gasteiger partial charge in [-0.25, -0.2) is 9.37 Å². The standard InChI is InChI=1S/C18H17FN2O/c1-11-9-16-14(10-13(11)19)20-18-8-7-15(21(16)18)12-5-3-4-6-17(12)22-2/h3-6,9-10,15H,7-8H2,1-2H3/t15-/m0/s1. The van der Waals surface area contributed by atoms with Crippen molar-refractivity contribution in [2.24, 2.45) is 0 Å².